The first-order valence-electron chi connectivity index (χ1n) is 7.01. The van der Waals surface area contributed by atoms with Gasteiger partial charge in [0.05, 0.1) is 6.54 Å². The van der Waals surface area contributed by atoms with Gasteiger partial charge in [-0.05, 0) is 30.2 Å². The summed E-state index contributed by atoms with van der Waals surface area (Å²) in [6.45, 7) is 2.84. The van der Waals surface area contributed by atoms with Crippen LogP contribution in [0.25, 0.3) is 0 Å². The van der Waals surface area contributed by atoms with Crippen molar-refractivity contribution in [3.8, 4) is 0 Å². The third-order valence-electron chi connectivity index (χ3n) is 3.22. The number of rotatable bonds is 5. The van der Waals surface area contributed by atoms with Gasteiger partial charge in [-0.2, -0.15) is 0 Å². The van der Waals surface area contributed by atoms with Crippen LogP contribution in [0.15, 0.2) is 60.0 Å². The third-order valence-corrected chi connectivity index (χ3v) is 4.40. The zero-order valence-electron chi connectivity index (χ0n) is 12.2. The fourth-order valence-electron chi connectivity index (χ4n) is 2.15. The first kappa shape index (κ1) is 15.1. The molecule has 0 unspecified atom stereocenters. The van der Waals surface area contributed by atoms with Gasteiger partial charge in [-0.15, -0.1) is 5.10 Å². The molecular formula is C17H16ClN3S. The number of hydrogen-bond acceptors (Lipinski definition) is 3. The molecule has 3 nitrogen and oxygen atoms in total. The molecule has 0 radical (unpaired) electrons. The molecule has 5 heteroatoms. The van der Waals surface area contributed by atoms with E-state index in [-0.39, 0.29) is 0 Å². The Labute approximate surface area is 139 Å². The van der Waals surface area contributed by atoms with Crippen molar-refractivity contribution in [3.05, 3.63) is 76.6 Å². The summed E-state index contributed by atoms with van der Waals surface area (Å²) in [5.74, 6) is 0.839. The van der Waals surface area contributed by atoms with E-state index in [0.29, 0.717) is 0 Å². The summed E-state index contributed by atoms with van der Waals surface area (Å²) in [7, 11) is 0. The number of benzene rings is 2. The lowest BCUT2D eigenvalue weighted by molar-refractivity contribution is 0.666. The Morgan fingerprint density at radius 3 is 2.68 bits per heavy atom. The first-order chi connectivity index (χ1) is 10.7. The van der Waals surface area contributed by atoms with Crippen molar-refractivity contribution in [3.63, 3.8) is 0 Å². The summed E-state index contributed by atoms with van der Waals surface area (Å²) < 4.78 is 1.87. The van der Waals surface area contributed by atoms with E-state index in [0.717, 1.165) is 22.5 Å². The molecule has 0 amide bonds. The topological polar surface area (TPSA) is 30.7 Å². The van der Waals surface area contributed by atoms with Crippen LogP contribution in [0.1, 0.15) is 16.7 Å². The summed E-state index contributed by atoms with van der Waals surface area (Å²) in [6.07, 6.45) is 1.78. The molecule has 0 aliphatic heterocycles. The van der Waals surface area contributed by atoms with E-state index < -0.39 is 0 Å². The van der Waals surface area contributed by atoms with Crippen molar-refractivity contribution in [1.82, 2.24) is 14.8 Å². The second kappa shape index (κ2) is 6.99. The van der Waals surface area contributed by atoms with Crippen LogP contribution < -0.4 is 0 Å². The minimum absolute atomic E-state index is 0.746. The molecule has 1 aromatic heterocycles. The minimum Gasteiger partial charge on any atom is -0.247 e. The fourth-order valence-corrected chi connectivity index (χ4v) is 3.04. The van der Waals surface area contributed by atoms with Crippen molar-refractivity contribution in [2.75, 3.05) is 0 Å². The zero-order chi connectivity index (χ0) is 15.4. The molecule has 3 rings (SSSR count). The van der Waals surface area contributed by atoms with Gasteiger partial charge in [-0.25, -0.2) is 9.67 Å². The van der Waals surface area contributed by atoms with Crippen LogP contribution >= 0.6 is 23.4 Å². The highest BCUT2D eigenvalue weighted by Gasteiger charge is 2.03. The lowest BCUT2D eigenvalue weighted by Crippen LogP contribution is -2.00. The molecular weight excluding hydrogens is 314 g/mol. The molecule has 0 spiro atoms. The maximum Gasteiger partial charge on any atom is 0.208 e. The summed E-state index contributed by atoms with van der Waals surface area (Å²) in [6, 6.07) is 16.3. The molecule has 0 N–H and O–H groups in total. The van der Waals surface area contributed by atoms with Crippen molar-refractivity contribution in [1.29, 1.82) is 0 Å². The fraction of sp³-hybridized carbons (Fsp3) is 0.176. The Balaban J connectivity index is 1.60. The molecule has 0 bridgehead atoms. The standard InChI is InChI=1S/C17H16ClN3S/c1-13-3-2-4-15(9-13)10-21-12-19-17(20-21)22-11-14-5-7-16(18)8-6-14/h2-9,12H,10-11H2,1H3. The Bertz CT molecular complexity index is 753. The third kappa shape index (κ3) is 4.12. The average molecular weight is 330 g/mol. The Morgan fingerprint density at radius 1 is 1.09 bits per heavy atom. The normalized spacial score (nSPS) is 10.8. The van der Waals surface area contributed by atoms with Gasteiger partial charge in [0.2, 0.25) is 5.16 Å². The van der Waals surface area contributed by atoms with Crippen LogP contribution in [0.4, 0.5) is 0 Å². The largest absolute Gasteiger partial charge is 0.247 e. The number of hydrogen-bond donors (Lipinski definition) is 0. The lowest BCUT2D eigenvalue weighted by atomic mass is 10.1. The Morgan fingerprint density at radius 2 is 1.91 bits per heavy atom. The first-order valence-corrected chi connectivity index (χ1v) is 8.38. The SMILES string of the molecule is Cc1cccc(Cn2cnc(SCc3ccc(Cl)cc3)n2)c1. The Kier molecular flexibility index (Phi) is 4.80. The number of aromatic nitrogens is 3. The van der Waals surface area contributed by atoms with Gasteiger partial charge in [-0.1, -0.05) is 65.3 Å². The second-order valence-electron chi connectivity index (χ2n) is 5.13. The summed E-state index contributed by atoms with van der Waals surface area (Å²) in [4.78, 5) is 4.36. The molecule has 1 heterocycles. The number of aryl methyl sites for hydroxylation is 1. The van der Waals surface area contributed by atoms with Crippen molar-refractivity contribution in [2.24, 2.45) is 0 Å². The van der Waals surface area contributed by atoms with Gasteiger partial charge in [0, 0.05) is 10.8 Å². The maximum absolute atomic E-state index is 5.89. The van der Waals surface area contributed by atoms with E-state index in [9.17, 15) is 0 Å². The highest BCUT2D eigenvalue weighted by molar-refractivity contribution is 7.98. The van der Waals surface area contributed by atoms with Gasteiger partial charge in [-0.3, -0.25) is 0 Å². The second-order valence-corrected chi connectivity index (χ2v) is 6.51. The van der Waals surface area contributed by atoms with Gasteiger partial charge < -0.3 is 0 Å². The van der Waals surface area contributed by atoms with Gasteiger partial charge in [0.15, 0.2) is 0 Å². The van der Waals surface area contributed by atoms with E-state index in [1.165, 1.54) is 16.7 Å². The molecule has 0 aliphatic rings. The average Bonchev–Trinajstić information content (AvgIpc) is 2.94. The molecule has 0 atom stereocenters. The van der Waals surface area contributed by atoms with E-state index in [1.807, 2.05) is 28.9 Å². The van der Waals surface area contributed by atoms with E-state index in [4.69, 9.17) is 11.6 Å². The molecule has 0 fully saturated rings. The zero-order valence-corrected chi connectivity index (χ0v) is 13.8. The van der Waals surface area contributed by atoms with Crippen molar-refractivity contribution >= 4 is 23.4 Å². The maximum atomic E-state index is 5.89. The molecule has 22 heavy (non-hydrogen) atoms. The molecule has 112 valence electrons. The van der Waals surface area contributed by atoms with Crippen LogP contribution in [0.3, 0.4) is 0 Å². The lowest BCUT2D eigenvalue weighted by Gasteiger charge is -2.02. The highest BCUT2D eigenvalue weighted by Crippen LogP contribution is 2.20. The predicted molar refractivity (Wildman–Crippen MR) is 91.3 cm³/mol. The summed E-state index contributed by atoms with van der Waals surface area (Å²) in [5.41, 5.74) is 3.71. The number of thioether (sulfide) groups is 1. The monoisotopic (exact) mass is 329 g/mol. The van der Waals surface area contributed by atoms with E-state index in [2.05, 4.69) is 41.3 Å². The van der Waals surface area contributed by atoms with Crippen molar-refractivity contribution in [2.45, 2.75) is 24.4 Å². The molecule has 3 aromatic rings. The van der Waals surface area contributed by atoms with E-state index in [1.54, 1.807) is 18.1 Å². The predicted octanol–water partition coefficient (Wildman–Crippen LogP) is 4.58. The minimum atomic E-state index is 0.746. The van der Waals surface area contributed by atoms with Gasteiger partial charge >= 0.3 is 0 Å². The smallest absolute Gasteiger partial charge is 0.208 e. The van der Waals surface area contributed by atoms with E-state index >= 15 is 0 Å². The van der Waals surface area contributed by atoms with Crippen LogP contribution in [0, 0.1) is 6.92 Å². The highest BCUT2D eigenvalue weighted by atomic mass is 35.5. The molecule has 0 saturated heterocycles. The van der Waals surface area contributed by atoms with Crippen LogP contribution in [0.2, 0.25) is 5.02 Å². The van der Waals surface area contributed by atoms with Gasteiger partial charge in [0.25, 0.3) is 0 Å². The van der Waals surface area contributed by atoms with Crippen LogP contribution in [0.5, 0.6) is 0 Å². The molecule has 2 aromatic carbocycles. The summed E-state index contributed by atoms with van der Waals surface area (Å²) >= 11 is 7.51. The quantitative estimate of drug-likeness (QED) is 0.642. The van der Waals surface area contributed by atoms with Crippen LogP contribution in [-0.4, -0.2) is 14.8 Å². The van der Waals surface area contributed by atoms with Crippen LogP contribution in [-0.2, 0) is 12.3 Å². The van der Waals surface area contributed by atoms with Crippen molar-refractivity contribution < 1.29 is 0 Å². The van der Waals surface area contributed by atoms with Gasteiger partial charge in [0.1, 0.15) is 6.33 Å². The number of nitrogens with zero attached hydrogens (tertiary/aromatic N) is 3. The number of halogens is 1. The summed E-state index contributed by atoms with van der Waals surface area (Å²) in [5, 5.41) is 6.06. The Hall–Kier alpha value is -1.78. The molecule has 0 saturated carbocycles. The molecule has 0 aliphatic carbocycles.